The monoisotopic (exact) mass is 290 g/mol. The Balaban J connectivity index is 1.93. The number of nitrogen functional groups attached to an aromatic ring is 1. The van der Waals surface area contributed by atoms with Gasteiger partial charge in [-0.25, -0.2) is 0 Å². The number of rotatable bonds is 6. The average Bonchev–Trinajstić information content (AvgIpc) is 2.52. The Morgan fingerprint density at radius 1 is 1.43 bits per heavy atom. The third-order valence-electron chi connectivity index (χ3n) is 4.40. The van der Waals surface area contributed by atoms with Crippen LogP contribution in [-0.4, -0.2) is 36.9 Å². The molecule has 0 aromatic heterocycles. The minimum absolute atomic E-state index is 0.157. The summed E-state index contributed by atoms with van der Waals surface area (Å²) in [4.78, 5) is 14.8. The molecule has 1 unspecified atom stereocenters. The number of hydrogen-bond acceptors (Lipinski definition) is 4. The zero-order valence-corrected chi connectivity index (χ0v) is 13.1. The molecular formula is C17H26N2O2. The van der Waals surface area contributed by atoms with Crippen molar-refractivity contribution in [3.8, 4) is 5.75 Å². The lowest BCUT2D eigenvalue weighted by Gasteiger charge is -2.35. The molecule has 2 rings (SSSR count). The minimum atomic E-state index is 0.157. The Bertz CT molecular complexity index is 488. The largest absolute Gasteiger partial charge is 0.495 e. The lowest BCUT2D eigenvalue weighted by atomic mass is 9.99. The molecule has 1 atom stereocenters. The van der Waals surface area contributed by atoms with Crippen molar-refractivity contribution in [1.82, 2.24) is 4.90 Å². The number of ether oxygens (including phenoxy) is 1. The highest BCUT2D eigenvalue weighted by molar-refractivity contribution is 5.97. The number of Topliss-reactive ketones (excluding diaryl/α,β-unsaturated/α-hetero) is 1. The molecule has 1 heterocycles. The summed E-state index contributed by atoms with van der Waals surface area (Å²) in [6.07, 6.45) is 5.56. The van der Waals surface area contributed by atoms with Gasteiger partial charge in [-0.15, -0.1) is 0 Å². The van der Waals surface area contributed by atoms with E-state index in [-0.39, 0.29) is 5.78 Å². The van der Waals surface area contributed by atoms with Gasteiger partial charge in [0.05, 0.1) is 12.8 Å². The molecule has 4 nitrogen and oxygen atoms in total. The number of benzene rings is 1. The predicted molar refractivity (Wildman–Crippen MR) is 85.9 cm³/mol. The Kier molecular flexibility index (Phi) is 5.62. The molecule has 0 radical (unpaired) electrons. The fourth-order valence-corrected chi connectivity index (χ4v) is 3.11. The first kappa shape index (κ1) is 15.8. The third kappa shape index (κ3) is 3.97. The first-order valence-corrected chi connectivity index (χ1v) is 7.86. The van der Waals surface area contributed by atoms with Gasteiger partial charge in [0.1, 0.15) is 5.75 Å². The van der Waals surface area contributed by atoms with Crippen molar-refractivity contribution in [3.05, 3.63) is 23.8 Å². The topological polar surface area (TPSA) is 55.6 Å². The highest BCUT2D eigenvalue weighted by Gasteiger charge is 2.21. The molecule has 1 aromatic carbocycles. The van der Waals surface area contributed by atoms with Crippen molar-refractivity contribution in [2.24, 2.45) is 0 Å². The zero-order valence-electron chi connectivity index (χ0n) is 13.1. The van der Waals surface area contributed by atoms with Gasteiger partial charge in [-0.05, 0) is 44.0 Å². The number of ketones is 1. The van der Waals surface area contributed by atoms with Crippen LogP contribution >= 0.6 is 0 Å². The second kappa shape index (κ2) is 7.46. The predicted octanol–water partition coefficient (Wildman–Crippen LogP) is 3.11. The Hall–Kier alpha value is -1.55. The maximum Gasteiger partial charge on any atom is 0.164 e. The molecular weight excluding hydrogens is 264 g/mol. The summed E-state index contributed by atoms with van der Waals surface area (Å²) in [5, 5.41) is 0. The van der Waals surface area contributed by atoms with E-state index in [0.29, 0.717) is 29.5 Å². The van der Waals surface area contributed by atoms with E-state index in [1.165, 1.54) is 25.7 Å². The quantitative estimate of drug-likeness (QED) is 0.646. The highest BCUT2D eigenvalue weighted by Crippen LogP contribution is 2.23. The molecule has 0 saturated carbocycles. The number of carbonyl (C=O) groups is 1. The molecule has 1 fully saturated rings. The van der Waals surface area contributed by atoms with Gasteiger partial charge in [0.2, 0.25) is 0 Å². The number of likely N-dealkylation sites (tertiary alicyclic amines) is 1. The minimum Gasteiger partial charge on any atom is -0.495 e. The molecule has 0 aliphatic carbocycles. The van der Waals surface area contributed by atoms with Crippen molar-refractivity contribution in [2.45, 2.75) is 45.1 Å². The van der Waals surface area contributed by atoms with Gasteiger partial charge >= 0.3 is 0 Å². The zero-order chi connectivity index (χ0) is 15.2. The number of piperidine rings is 1. The number of anilines is 1. The number of methoxy groups -OCH3 is 1. The average molecular weight is 290 g/mol. The summed E-state index contributed by atoms with van der Waals surface area (Å²) >= 11 is 0. The maximum absolute atomic E-state index is 12.3. The molecule has 1 aromatic rings. The SMILES string of the molecule is CCC1CCCCN1CCC(=O)c1ccc(OC)c(N)c1. The lowest BCUT2D eigenvalue weighted by Crippen LogP contribution is -2.40. The van der Waals surface area contributed by atoms with Crippen LogP contribution in [0, 0.1) is 0 Å². The lowest BCUT2D eigenvalue weighted by molar-refractivity contribution is 0.0923. The summed E-state index contributed by atoms with van der Waals surface area (Å²) in [7, 11) is 1.58. The van der Waals surface area contributed by atoms with Crippen LogP contribution in [0.2, 0.25) is 0 Å². The first-order chi connectivity index (χ1) is 10.2. The molecule has 1 aliphatic rings. The van der Waals surface area contributed by atoms with E-state index in [2.05, 4.69) is 11.8 Å². The van der Waals surface area contributed by atoms with E-state index in [0.717, 1.165) is 13.1 Å². The van der Waals surface area contributed by atoms with Crippen LogP contribution in [0.25, 0.3) is 0 Å². The van der Waals surface area contributed by atoms with Crippen molar-refractivity contribution in [3.63, 3.8) is 0 Å². The Labute approximate surface area is 127 Å². The Morgan fingerprint density at radius 2 is 2.24 bits per heavy atom. The van der Waals surface area contributed by atoms with Gasteiger partial charge in [-0.1, -0.05) is 13.3 Å². The molecule has 0 amide bonds. The van der Waals surface area contributed by atoms with Crippen LogP contribution in [0.4, 0.5) is 5.69 Å². The summed E-state index contributed by atoms with van der Waals surface area (Å²) in [5.74, 6) is 0.776. The first-order valence-electron chi connectivity index (χ1n) is 7.86. The molecule has 116 valence electrons. The number of nitrogens with two attached hydrogens (primary N) is 1. The second-order valence-corrected chi connectivity index (χ2v) is 5.72. The van der Waals surface area contributed by atoms with Crippen LogP contribution in [0.1, 0.15) is 49.4 Å². The van der Waals surface area contributed by atoms with Crippen LogP contribution in [0.5, 0.6) is 5.75 Å². The van der Waals surface area contributed by atoms with Gasteiger partial charge < -0.3 is 10.5 Å². The number of nitrogens with zero attached hydrogens (tertiary/aromatic N) is 1. The van der Waals surface area contributed by atoms with E-state index in [9.17, 15) is 4.79 Å². The van der Waals surface area contributed by atoms with Gasteiger partial charge in [0, 0.05) is 24.6 Å². The van der Waals surface area contributed by atoms with E-state index < -0.39 is 0 Å². The molecule has 1 aliphatic heterocycles. The number of carbonyl (C=O) groups excluding carboxylic acids is 1. The Morgan fingerprint density at radius 3 is 2.90 bits per heavy atom. The van der Waals surface area contributed by atoms with E-state index in [1.54, 1.807) is 25.3 Å². The summed E-state index contributed by atoms with van der Waals surface area (Å²) in [5.41, 5.74) is 7.06. The van der Waals surface area contributed by atoms with Crippen LogP contribution in [0.3, 0.4) is 0 Å². The van der Waals surface area contributed by atoms with Crippen molar-refractivity contribution >= 4 is 11.5 Å². The van der Waals surface area contributed by atoms with Crippen molar-refractivity contribution < 1.29 is 9.53 Å². The van der Waals surface area contributed by atoms with Crippen LogP contribution in [-0.2, 0) is 0 Å². The smallest absolute Gasteiger partial charge is 0.164 e. The van der Waals surface area contributed by atoms with Crippen molar-refractivity contribution in [2.75, 3.05) is 25.9 Å². The highest BCUT2D eigenvalue weighted by atomic mass is 16.5. The normalized spacial score (nSPS) is 19.4. The molecule has 0 spiro atoms. The van der Waals surface area contributed by atoms with Gasteiger partial charge in [-0.3, -0.25) is 9.69 Å². The van der Waals surface area contributed by atoms with Crippen LogP contribution < -0.4 is 10.5 Å². The molecule has 2 N–H and O–H groups in total. The molecule has 21 heavy (non-hydrogen) atoms. The molecule has 1 saturated heterocycles. The summed E-state index contributed by atoms with van der Waals surface area (Å²) in [6, 6.07) is 5.92. The van der Waals surface area contributed by atoms with E-state index in [1.807, 2.05) is 0 Å². The van der Waals surface area contributed by atoms with Gasteiger partial charge in [0.25, 0.3) is 0 Å². The van der Waals surface area contributed by atoms with E-state index >= 15 is 0 Å². The fraction of sp³-hybridized carbons (Fsp3) is 0.588. The second-order valence-electron chi connectivity index (χ2n) is 5.72. The fourth-order valence-electron chi connectivity index (χ4n) is 3.11. The number of hydrogen-bond donors (Lipinski definition) is 1. The third-order valence-corrected chi connectivity index (χ3v) is 4.40. The van der Waals surface area contributed by atoms with Gasteiger partial charge in [-0.2, -0.15) is 0 Å². The van der Waals surface area contributed by atoms with Crippen LogP contribution in [0.15, 0.2) is 18.2 Å². The summed E-state index contributed by atoms with van der Waals surface area (Å²) in [6.45, 7) is 4.20. The molecule has 0 bridgehead atoms. The maximum atomic E-state index is 12.3. The van der Waals surface area contributed by atoms with E-state index in [4.69, 9.17) is 10.5 Å². The van der Waals surface area contributed by atoms with Crippen molar-refractivity contribution in [1.29, 1.82) is 0 Å². The summed E-state index contributed by atoms with van der Waals surface area (Å²) < 4.78 is 5.12. The molecule has 4 heteroatoms. The van der Waals surface area contributed by atoms with Gasteiger partial charge in [0.15, 0.2) is 5.78 Å². The standard InChI is InChI=1S/C17H26N2O2/c1-3-14-6-4-5-10-19(14)11-9-16(20)13-7-8-17(21-2)15(18)12-13/h7-8,12,14H,3-6,9-11,18H2,1-2H3.